The highest BCUT2D eigenvalue weighted by Gasteiger charge is 2.27. The minimum atomic E-state index is -0.284. The summed E-state index contributed by atoms with van der Waals surface area (Å²) in [5, 5.41) is 0. The van der Waals surface area contributed by atoms with Gasteiger partial charge in [0.25, 0.3) is 0 Å². The fourth-order valence-electron chi connectivity index (χ4n) is 2.97. The van der Waals surface area contributed by atoms with Crippen LogP contribution in [0.4, 0.5) is 11.4 Å². The topological polar surface area (TPSA) is 55.6 Å². The molecule has 1 aromatic carbocycles. The molecule has 0 aromatic heterocycles. The first-order valence-electron chi connectivity index (χ1n) is 7.47. The van der Waals surface area contributed by atoms with E-state index in [2.05, 4.69) is 11.8 Å². The van der Waals surface area contributed by atoms with Crippen LogP contribution in [0.15, 0.2) is 18.2 Å². The molecule has 4 nitrogen and oxygen atoms in total. The molecule has 2 rings (SSSR count). The van der Waals surface area contributed by atoms with Crippen LogP contribution in [0, 0.1) is 5.92 Å². The van der Waals surface area contributed by atoms with Crippen LogP contribution in [0.25, 0.3) is 0 Å². The Bertz CT molecular complexity index is 474. The Morgan fingerprint density at radius 2 is 2.25 bits per heavy atom. The molecule has 2 N–H and O–H groups in total. The van der Waals surface area contributed by atoms with Gasteiger partial charge in [-0.05, 0) is 37.8 Å². The number of para-hydroxylation sites is 1. The second-order valence-electron chi connectivity index (χ2n) is 5.35. The molecule has 20 heavy (non-hydrogen) atoms. The Kier molecular flexibility index (Phi) is 4.88. The first-order chi connectivity index (χ1) is 9.67. The Morgan fingerprint density at radius 1 is 1.45 bits per heavy atom. The van der Waals surface area contributed by atoms with Gasteiger partial charge in [0.05, 0.1) is 23.5 Å². The van der Waals surface area contributed by atoms with E-state index in [9.17, 15) is 4.79 Å². The lowest BCUT2D eigenvalue weighted by Crippen LogP contribution is -2.24. The number of hydrogen-bond donors (Lipinski definition) is 1. The summed E-state index contributed by atoms with van der Waals surface area (Å²) in [7, 11) is 0. The van der Waals surface area contributed by atoms with Crippen LogP contribution in [-0.2, 0) is 4.74 Å². The summed E-state index contributed by atoms with van der Waals surface area (Å²) in [6, 6.07) is 5.47. The maximum Gasteiger partial charge on any atom is 0.340 e. The highest BCUT2D eigenvalue weighted by atomic mass is 16.5. The minimum Gasteiger partial charge on any atom is -0.462 e. The van der Waals surface area contributed by atoms with Crippen LogP contribution in [0.1, 0.15) is 43.5 Å². The number of hydrogen-bond acceptors (Lipinski definition) is 4. The molecule has 1 unspecified atom stereocenters. The smallest absolute Gasteiger partial charge is 0.340 e. The Morgan fingerprint density at radius 3 is 2.95 bits per heavy atom. The summed E-state index contributed by atoms with van der Waals surface area (Å²) in [5.74, 6) is 0.420. The van der Waals surface area contributed by atoms with Crippen LogP contribution in [-0.4, -0.2) is 25.7 Å². The monoisotopic (exact) mass is 276 g/mol. The van der Waals surface area contributed by atoms with Crippen molar-refractivity contribution in [2.24, 2.45) is 5.92 Å². The van der Waals surface area contributed by atoms with Gasteiger partial charge >= 0.3 is 5.97 Å². The van der Waals surface area contributed by atoms with Crippen LogP contribution in [0.5, 0.6) is 0 Å². The third-order valence-electron chi connectivity index (χ3n) is 3.86. The molecule has 0 aliphatic carbocycles. The molecule has 1 aliphatic rings. The van der Waals surface area contributed by atoms with E-state index in [-0.39, 0.29) is 5.97 Å². The van der Waals surface area contributed by atoms with Crippen molar-refractivity contribution in [2.75, 3.05) is 30.3 Å². The third kappa shape index (κ3) is 3.06. The number of nitrogen functional groups attached to an aromatic ring is 1. The summed E-state index contributed by atoms with van der Waals surface area (Å²) in [5.41, 5.74) is 8.20. The predicted molar refractivity (Wildman–Crippen MR) is 82.0 cm³/mol. The number of anilines is 2. The Labute approximate surface area is 120 Å². The Balaban J connectivity index is 2.24. The molecule has 1 aromatic rings. The maximum absolute atomic E-state index is 12.1. The normalized spacial score (nSPS) is 18.3. The van der Waals surface area contributed by atoms with Crippen molar-refractivity contribution < 1.29 is 9.53 Å². The van der Waals surface area contributed by atoms with E-state index in [0.717, 1.165) is 18.8 Å². The molecule has 0 saturated carbocycles. The molecule has 0 amide bonds. The molecule has 0 radical (unpaired) electrons. The van der Waals surface area contributed by atoms with Gasteiger partial charge < -0.3 is 15.4 Å². The summed E-state index contributed by atoms with van der Waals surface area (Å²) >= 11 is 0. The number of rotatable bonds is 5. The lowest BCUT2D eigenvalue weighted by Gasteiger charge is -2.23. The zero-order valence-electron chi connectivity index (χ0n) is 12.4. The highest BCUT2D eigenvalue weighted by molar-refractivity contribution is 5.99. The van der Waals surface area contributed by atoms with Crippen molar-refractivity contribution in [1.82, 2.24) is 0 Å². The molecule has 4 heteroatoms. The zero-order chi connectivity index (χ0) is 14.5. The van der Waals surface area contributed by atoms with Crippen molar-refractivity contribution in [1.29, 1.82) is 0 Å². The van der Waals surface area contributed by atoms with Gasteiger partial charge in [-0.1, -0.05) is 19.4 Å². The molecule has 1 saturated heterocycles. The van der Waals surface area contributed by atoms with Crippen molar-refractivity contribution in [2.45, 2.75) is 33.1 Å². The fraction of sp³-hybridized carbons (Fsp3) is 0.562. The number of carbonyl (C=O) groups excluding carboxylic acids is 1. The van der Waals surface area contributed by atoms with Crippen molar-refractivity contribution in [3.8, 4) is 0 Å². The summed E-state index contributed by atoms with van der Waals surface area (Å²) in [6.07, 6.45) is 3.61. The van der Waals surface area contributed by atoms with Gasteiger partial charge in [-0.15, -0.1) is 0 Å². The number of esters is 1. The van der Waals surface area contributed by atoms with Crippen LogP contribution < -0.4 is 10.6 Å². The second-order valence-corrected chi connectivity index (χ2v) is 5.35. The number of ether oxygens (including phenoxy) is 1. The van der Waals surface area contributed by atoms with E-state index >= 15 is 0 Å². The minimum absolute atomic E-state index is 0.284. The third-order valence-corrected chi connectivity index (χ3v) is 3.86. The van der Waals surface area contributed by atoms with E-state index in [1.807, 2.05) is 19.1 Å². The van der Waals surface area contributed by atoms with Gasteiger partial charge in [0.15, 0.2) is 0 Å². The zero-order valence-corrected chi connectivity index (χ0v) is 12.4. The fourth-order valence-corrected chi connectivity index (χ4v) is 2.97. The quantitative estimate of drug-likeness (QED) is 0.663. The van der Waals surface area contributed by atoms with Crippen molar-refractivity contribution >= 4 is 17.3 Å². The number of nitrogens with zero attached hydrogens (tertiary/aromatic N) is 1. The summed E-state index contributed by atoms with van der Waals surface area (Å²) < 4.78 is 5.14. The molecule has 1 fully saturated rings. The number of nitrogens with two attached hydrogens (primary N) is 1. The van der Waals surface area contributed by atoms with E-state index in [1.165, 1.54) is 19.3 Å². The summed E-state index contributed by atoms with van der Waals surface area (Å²) in [4.78, 5) is 14.3. The molecule has 0 spiro atoms. The molecule has 1 aliphatic heterocycles. The van der Waals surface area contributed by atoms with Crippen LogP contribution >= 0.6 is 0 Å². The largest absolute Gasteiger partial charge is 0.462 e. The second kappa shape index (κ2) is 6.64. The molecular formula is C16H24N2O2. The molecule has 1 atom stereocenters. The standard InChI is InChI=1S/C16H24N2O2/c1-3-6-12-9-10-18(11-12)15-13(16(19)20-4-2)7-5-8-14(15)17/h5,7-8,12H,3-4,6,9-11,17H2,1-2H3. The van der Waals surface area contributed by atoms with Gasteiger partial charge in [0.1, 0.15) is 0 Å². The average Bonchev–Trinajstić information content (AvgIpc) is 2.87. The van der Waals surface area contributed by atoms with E-state index in [1.54, 1.807) is 6.07 Å². The number of benzene rings is 1. The lowest BCUT2D eigenvalue weighted by molar-refractivity contribution is 0.0527. The van der Waals surface area contributed by atoms with Crippen molar-refractivity contribution in [3.63, 3.8) is 0 Å². The molecular weight excluding hydrogens is 252 g/mol. The van der Waals surface area contributed by atoms with Gasteiger partial charge in [-0.25, -0.2) is 4.79 Å². The average molecular weight is 276 g/mol. The Hall–Kier alpha value is -1.71. The number of carbonyl (C=O) groups is 1. The van der Waals surface area contributed by atoms with Crippen LogP contribution in [0.2, 0.25) is 0 Å². The molecule has 0 bridgehead atoms. The first kappa shape index (κ1) is 14.7. The highest BCUT2D eigenvalue weighted by Crippen LogP contribution is 2.33. The maximum atomic E-state index is 12.1. The summed E-state index contributed by atoms with van der Waals surface area (Å²) in [6.45, 7) is 6.35. The first-order valence-corrected chi connectivity index (χ1v) is 7.47. The van der Waals surface area contributed by atoms with Gasteiger partial charge in [-0.3, -0.25) is 0 Å². The van der Waals surface area contributed by atoms with E-state index in [4.69, 9.17) is 10.5 Å². The lowest BCUT2D eigenvalue weighted by atomic mass is 10.0. The SMILES string of the molecule is CCCC1CCN(c2c(N)cccc2C(=O)OCC)C1. The van der Waals surface area contributed by atoms with Gasteiger partial charge in [0.2, 0.25) is 0 Å². The van der Waals surface area contributed by atoms with Crippen LogP contribution in [0.3, 0.4) is 0 Å². The molecule has 110 valence electrons. The van der Waals surface area contributed by atoms with Gasteiger partial charge in [0, 0.05) is 13.1 Å². The van der Waals surface area contributed by atoms with E-state index < -0.39 is 0 Å². The molecule has 1 heterocycles. The van der Waals surface area contributed by atoms with E-state index in [0.29, 0.717) is 23.8 Å². The van der Waals surface area contributed by atoms with Crippen molar-refractivity contribution in [3.05, 3.63) is 23.8 Å². The van der Waals surface area contributed by atoms with Gasteiger partial charge in [-0.2, -0.15) is 0 Å². The predicted octanol–water partition coefficient (Wildman–Crippen LogP) is 3.07.